The maximum Gasteiger partial charge on any atom is 0.228 e. The molecule has 0 aliphatic heterocycles. The van der Waals surface area contributed by atoms with Crippen molar-refractivity contribution in [1.82, 2.24) is 0 Å². The highest BCUT2D eigenvalue weighted by Gasteiger charge is 2.17. The molecule has 0 aliphatic carbocycles. The molecule has 0 saturated heterocycles. The molecule has 0 saturated carbocycles. The third-order valence-corrected chi connectivity index (χ3v) is 3.72. The standard InChI is InChI=1S/C18H15NO3/c1-11(18(19)21)12-6-4-7-14(9-12)17(20)16-10-13-5-2-3-8-15(13)22-16/h2-11H,1H3,(H2,19,21)/t11-/m1/s1. The fraction of sp³-hybridized carbons (Fsp3) is 0.111. The molecule has 0 fully saturated rings. The Bertz CT molecular complexity index is 830. The first-order valence-electron chi connectivity index (χ1n) is 6.99. The predicted octanol–water partition coefficient (Wildman–Crippen LogP) is 3.25. The zero-order valence-electron chi connectivity index (χ0n) is 12.1. The Morgan fingerprint density at radius 3 is 2.55 bits per heavy atom. The number of hydrogen-bond acceptors (Lipinski definition) is 3. The fourth-order valence-corrected chi connectivity index (χ4v) is 2.35. The van der Waals surface area contributed by atoms with E-state index in [1.807, 2.05) is 24.3 Å². The lowest BCUT2D eigenvalue weighted by Crippen LogP contribution is -2.19. The zero-order valence-corrected chi connectivity index (χ0v) is 12.1. The molecule has 4 nitrogen and oxygen atoms in total. The molecule has 1 aromatic heterocycles. The summed E-state index contributed by atoms with van der Waals surface area (Å²) >= 11 is 0. The third-order valence-electron chi connectivity index (χ3n) is 3.72. The Kier molecular flexibility index (Phi) is 3.51. The van der Waals surface area contributed by atoms with Gasteiger partial charge < -0.3 is 10.2 Å². The van der Waals surface area contributed by atoms with Crippen LogP contribution in [0.5, 0.6) is 0 Å². The number of amides is 1. The second kappa shape index (κ2) is 5.48. The van der Waals surface area contributed by atoms with Crippen molar-refractivity contribution in [2.24, 2.45) is 5.73 Å². The monoisotopic (exact) mass is 293 g/mol. The summed E-state index contributed by atoms with van der Waals surface area (Å²) < 4.78 is 5.59. The van der Waals surface area contributed by atoms with Crippen molar-refractivity contribution in [3.8, 4) is 0 Å². The summed E-state index contributed by atoms with van der Waals surface area (Å²) in [6, 6.07) is 16.1. The number of fused-ring (bicyclic) bond motifs is 1. The van der Waals surface area contributed by atoms with Gasteiger partial charge in [0.2, 0.25) is 11.7 Å². The van der Waals surface area contributed by atoms with Crippen molar-refractivity contribution in [2.75, 3.05) is 0 Å². The van der Waals surface area contributed by atoms with Gasteiger partial charge in [-0.3, -0.25) is 9.59 Å². The molecule has 0 unspecified atom stereocenters. The van der Waals surface area contributed by atoms with Gasteiger partial charge in [0.1, 0.15) is 5.58 Å². The minimum absolute atomic E-state index is 0.213. The molecule has 1 heterocycles. The van der Waals surface area contributed by atoms with Crippen molar-refractivity contribution in [2.45, 2.75) is 12.8 Å². The summed E-state index contributed by atoms with van der Waals surface area (Å²) in [4.78, 5) is 23.8. The molecule has 0 aliphatic rings. The van der Waals surface area contributed by atoms with Crippen LogP contribution in [0, 0.1) is 0 Å². The van der Waals surface area contributed by atoms with E-state index in [0.717, 1.165) is 10.9 Å². The Morgan fingerprint density at radius 1 is 1.05 bits per heavy atom. The number of carbonyl (C=O) groups excluding carboxylic acids is 2. The van der Waals surface area contributed by atoms with Crippen LogP contribution >= 0.6 is 0 Å². The molecule has 3 rings (SSSR count). The van der Waals surface area contributed by atoms with E-state index in [-0.39, 0.29) is 11.5 Å². The highest BCUT2D eigenvalue weighted by Crippen LogP contribution is 2.23. The molecule has 1 atom stereocenters. The Labute approximate surface area is 127 Å². The largest absolute Gasteiger partial charge is 0.453 e. The lowest BCUT2D eigenvalue weighted by Gasteiger charge is -2.08. The minimum atomic E-state index is -0.441. The van der Waals surface area contributed by atoms with Crippen molar-refractivity contribution >= 4 is 22.7 Å². The van der Waals surface area contributed by atoms with Gasteiger partial charge in [0.05, 0.1) is 5.92 Å². The second-order valence-electron chi connectivity index (χ2n) is 5.23. The van der Waals surface area contributed by atoms with E-state index in [4.69, 9.17) is 10.2 Å². The molecule has 110 valence electrons. The van der Waals surface area contributed by atoms with Crippen molar-refractivity contribution in [3.63, 3.8) is 0 Å². The number of nitrogens with two attached hydrogens (primary N) is 1. The normalized spacial score (nSPS) is 12.2. The maximum atomic E-state index is 12.6. The number of para-hydroxylation sites is 1. The van der Waals surface area contributed by atoms with E-state index in [9.17, 15) is 9.59 Å². The van der Waals surface area contributed by atoms with Crippen molar-refractivity contribution in [1.29, 1.82) is 0 Å². The molecule has 4 heteroatoms. The molecule has 2 N–H and O–H groups in total. The highest BCUT2D eigenvalue weighted by atomic mass is 16.3. The van der Waals surface area contributed by atoms with Crippen LogP contribution in [0.1, 0.15) is 34.5 Å². The second-order valence-corrected chi connectivity index (χ2v) is 5.23. The molecular formula is C18H15NO3. The third kappa shape index (κ3) is 2.51. The van der Waals surface area contributed by atoms with Gasteiger partial charge in [0, 0.05) is 10.9 Å². The first-order chi connectivity index (χ1) is 10.6. The van der Waals surface area contributed by atoms with Gasteiger partial charge in [-0.25, -0.2) is 0 Å². The highest BCUT2D eigenvalue weighted by molar-refractivity contribution is 6.09. The summed E-state index contributed by atoms with van der Waals surface area (Å²) in [5, 5.41) is 0.882. The minimum Gasteiger partial charge on any atom is -0.453 e. The molecule has 0 bridgehead atoms. The lowest BCUT2D eigenvalue weighted by atomic mass is 9.97. The average molecular weight is 293 g/mol. The number of ketones is 1. The molecule has 2 aromatic carbocycles. The first-order valence-corrected chi connectivity index (χ1v) is 6.99. The SMILES string of the molecule is C[C@@H](C(N)=O)c1cccc(C(=O)c2cc3ccccc3o2)c1. The van der Waals surface area contributed by atoms with E-state index >= 15 is 0 Å². The molecule has 22 heavy (non-hydrogen) atoms. The van der Waals surface area contributed by atoms with Crippen LogP contribution < -0.4 is 5.73 Å². The molecular weight excluding hydrogens is 278 g/mol. The van der Waals surface area contributed by atoms with Crippen LogP contribution in [0.4, 0.5) is 0 Å². The topological polar surface area (TPSA) is 73.3 Å². The van der Waals surface area contributed by atoms with Crippen LogP contribution in [0.2, 0.25) is 0 Å². The first kappa shape index (κ1) is 14.1. The van der Waals surface area contributed by atoms with Crippen LogP contribution in [0.25, 0.3) is 11.0 Å². The smallest absolute Gasteiger partial charge is 0.228 e. The summed E-state index contributed by atoms with van der Waals surface area (Å²) in [7, 11) is 0. The number of hydrogen-bond donors (Lipinski definition) is 1. The van der Waals surface area contributed by atoms with Gasteiger partial charge in [-0.2, -0.15) is 0 Å². The number of furan rings is 1. The van der Waals surface area contributed by atoms with E-state index in [1.165, 1.54) is 0 Å². The molecule has 0 radical (unpaired) electrons. The Morgan fingerprint density at radius 2 is 1.82 bits per heavy atom. The van der Waals surface area contributed by atoms with Gasteiger partial charge in [-0.1, -0.05) is 36.4 Å². The van der Waals surface area contributed by atoms with E-state index < -0.39 is 11.8 Å². The van der Waals surface area contributed by atoms with Gasteiger partial charge in [-0.05, 0) is 30.7 Å². The number of rotatable bonds is 4. The van der Waals surface area contributed by atoms with Crippen LogP contribution in [0.3, 0.4) is 0 Å². The van der Waals surface area contributed by atoms with Gasteiger partial charge in [0.15, 0.2) is 5.76 Å². The van der Waals surface area contributed by atoms with E-state index in [1.54, 1.807) is 37.3 Å². The van der Waals surface area contributed by atoms with Crippen LogP contribution in [-0.4, -0.2) is 11.7 Å². The van der Waals surface area contributed by atoms with E-state index in [0.29, 0.717) is 11.1 Å². The Balaban J connectivity index is 1.98. The lowest BCUT2D eigenvalue weighted by molar-refractivity contribution is -0.119. The summed E-state index contributed by atoms with van der Waals surface area (Å²) in [6.45, 7) is 1.72. The van der Waals surface area contributed by atoms with Crippen LogP contribution in [0.15, 0.2) is 59.0 Å². The molecule has 3 aromatic rings. The van der Waals surface area contributed by atoms with Crippen LogP contribution in [-0.2, 0) is 4.79 Å². The van der Waals surface area contributed by atoms with Crippen molar-refractivity contribution in [3.05, 3.63) is 71.5 Å². The molecule has 0 spiro atoms. The quantitative estimate of drug-likeness (QED) is 0.750. The van der Waals surface area contributed by atoms with Gasteiger partial charge >= 0.3 is 0 Å². The number of primary amides is 1. The zero-order chi connectivity index (χ0) is 15.7. The average Bonchev–Trinajstić information content (AvgIpc) is 2.97. The van der Waals surface area contributed by atoms with Gasteiger partial charge in [0.25, 0.3) is 0 Å². The summed E-state index contributed by atoms with van der Waals surface area (Å²) in [6.07, 6.45) is 0. The fourth-order valence-electron chi connectivity index (χ4n) is 2.35. The summed E-state index contributed by atoms with van der Waals surface area (Å²) in [5.41, 5.74) is 7.18. The Hall–Kier alpha value is -2.88. The number of carbonyl (C=O) groups is 2. The predicted molar refractivity (Wildman–Crippen MR) is 83.7 cm³/mol. The number of benzene rings is 2. The van der Waals surface area contributed by atoms with Gasteiger partial charge in [-0.15, -0.1) is 0 Å². The summed E-state index contributed by atoms with van der Waals surface area (Å²) in [5.74, 6) is -0.795. The molecule has 1 amide bonds. The maximum absolute atomic E-state index is 12.6. The van der Waals surface area contributed by atoms with E-state index in [2.05, 4.69) is 0 Å². The van der Waals surface area contributed by atoms with Crippen molar-refractivity contribution < 1.29 is 14.0 Å².